The highest BCUT2D eigenvalue weighted by atomic mass is 32.1. The predicted octanol–water partition coefficient (Wildman–Crippen LogP) is 4.21. The lowest BCUT2D eigenvalue weighted by molar-refractivity contribution is 0.306. The maximum Gasteiger partial charge on any atom is 0.120 e. The van der Waals surface area contributed by atoms with Gasteiger partial charge in [0.2, 0.25) is 0 Å². The van der Waals surface area contributed by atoms with Crippen molar-refractivity contribution in [2.45, 2.75) is 19.7 Å². The van der Waals surface area contributed by atoms with Crippen molar-refractivity contribution in [3.05, 3.63) is 93.3 Å². The van der Waals surface area contributed by atoms with Crippen molar-refractivity contribution in [1.29, 1.82) is 0 Å². The topological polar surface area (TPSA) is 50.5 Å². The van der Waals surface area contributed by atoms with Crippen LogP contribution in [0.25, 0.3) is 5.57 Å². The van der Waals surface area contributed by atoms with Crippen LogP contribution in [0.5, 0.6) is 5.75 Å². The second-order valence-electron chi connectivity index (χ2n) is 7.29. The van der Waals surface area contributed by atoms with Gasteiger partial charge in [-0.25, -0.2) is 0 Å². The molecule has 29 heavy (non-hydrogen) atoms. The van der Waals surface area contributed by atoms with E-state index < -0.39 is 0 Å². The number of fused-ring (bicyclic) bond motifs is 1. The molecule has 3 N–H and O–H groups in total. The van der Waals surface area contributed by atoms with Gasteiger partial charge in [-0.3, -0.25) is 0 Å². The zero-order chi connectivity index (χ0) is 20.1. The van der Waals surface area contributed by atoms with Crippen molar-refractivity contribution >= 4 is 16.9 Å². The number of nitrogens with one attached hydrogen (secondary N) is 1. The zero-order valence-electron chi connectivity index (χ0n) is 16.7. The molecule has 2 heterocycles. The normalized spacial score (nSPS) is 13.2. The highest BCUT2D eigenvalue weighted by Crippen LogP contribution is 2.38. The molecule has 2 aromatic carbocycles. The Hall–Kier alpha value is -2.60. The molecule has 150 valence electrons. The van der Waals surface area contributed by atoms with Gasteiger partial charge in [-0.05, 0) is 34.9 Å². The fourth-order valence-corrected chi connectivity index (χ4v) is 4.70. The van der Waals surface area contributed by atoms with Crippen molar-refractivity contribution in [3.8, 4) is 5.75 Å². The number of hydrogen-bond acceptors (Lipinski definition) is 5. The molecule has 5 heteroatoms. The van der Waals surface area contributed by atoms with E-state index in [1.54, 1.807) is 0 Å². The standard InChI is InChI=1S/C24H27N3OS/c1-27-15-20-13-22(14-26-11-10-25)29-24(20)23(16-27)19-8-5-9-21(12-19)28-17-18-6-3-2-4-7-18/h2-9,12-13,16,26H,10-11,14-15,17,25H2,1H3. The monoisotopic (exact) mass is 405 g/mol. The highest BCUT2D eigenvalue weighted by molar-refractivity contribution is 7.13. The Morgan fingerprint density at radius 1 is 1.10 bits per heavy atom. The van der Waals surface area contributed by atoms with Gasteiger partial charge in [0.15, 0.2) is 0 Å². The molecule has 0 radical (unpaired) electrons. The SMILES string of the molecule is CN1C=C(c2cccc(OCc3ccccc3)c2)c2sc(CNCCN)cc2C1. The third-order valence-electron chi connectivity index (χ3n) is 4.89. The molecule has 4 rings (SSSR count). The van der Waals surface area contributed by atoms with Gasteiger partial charge in [0, 0.05) is 54.8 Å². The summed E-state index contributed by atoms with van der Waals surface area (Å²) in [5.41, 5.74) is 10.6. The molecule has 4 nitrogen and oxygen atoms in total. The lowest BCUT2D eigenvalue weighted by atomic mass is 9.99. The molecule has 1 aromatic heterocycles. The summed E-state index contributed by atoms with van der Waals surface area (Å²) in [6.45, 7) is 3.88. The molecule has 0 aliphatic carbocycles. The molecule has 0 atom stereocenters. The van der Waals surface area contributed by atoms with Crippen LogP contribution in [0.2, 0.25) is 0 Å². The first-order valence-electron chi connectivity index (χ1n) is 9.95. The summed E-state index contributed by atoms with van der Waals surface area (Å²) in [4.78, 5) is 4.95. The second-order valence-corrected chi connectivity index (χ2v) is 8.43. The van der Waals surface area contributed by atoms with Gasteiger partial charge in [0.25, 0.3) is 0 Å². The molecule has 0 saturated heterocycles. The maximum atomic E-state index is 6.05. The van der Waals surface area contributed by atoms with Crippen LogP contribution in [0.15, 0.2) is 66.9 Å². The lowest BCUT2D eigenvalue weighted by Gasteiger charge is -2.23. The number of thiophene rings is 1. The Bertz CT molecular complexity index is 981. The zero-order valence-corrected chi connectivity index (χ0v) is 17.5. The van der Waals surface area contributed by atoms with Gasteiger partial charge < -0.3 is 20.7 Å². The van der Waals surface area contributed by atoms with Crippen LogP contribution in [-0.2, 0) is 19.7 Å². The minimum Gasteiger partial charge on any atom is -0.489 e. The van der Waals surface area contributed by atoms with E-state index in [4.69, 9.17) is 10.5 Å². The van der Waals surface area contributed by atoms with E-state index >= 15 is 0 Å². The van der Waals surface area contributed by atoms with Crippen LogP contribution in [0, 0.1) is 0 Å². The summed E-state index contributed by atoms with van der Waals surface area (Å²) in [5, 5.41) is 3.40. The van der Waals surface area contributed by atoms with Crippen LogP contribution in [0.1, 0.15) is 26.4 Å². The highest BCUT2D eigenvalue weighted by Gasteiger charge is 2.20. The molecular weight excluding hydrogens is 378 g/mol. The first-order chi connectivity index (χ1) is 14.2. The number of nitrogens with zero attached hydrogens (tertiary/aromatic N) is 1. The van der Waals surface area contributed by atoms with E-state index in [1.807, 2.05) is 35.6 Å². The Kier molecular flexibility index (Phi) is 6.30. The fourth-order valence-electron chi connectivity index (χ4n) is 3.53. The van der Waals surface area contributed by atoms with Gasteiger partial charge in [-0.2, -0.15) is 0 Å². The van der Waals surface area contributed by atoms with Crippen LogP contribution >= 0.6 is 11.3 Å². The van der Waals surface area contributed by atoms with E-state index in [0.29, 0.717) is 13.2 Å². The number of ether oxygens (including phenoxy) is 1. The first-order valence-corrected chi connectivity index (χ1v) is 10.8. The van der Waals surface area contributed by atoms with Gasteiger partial charge in [0.05, 0.1) is 0 Å². The average Bonchev–Trinajstić information content (AvgIpc) is 3.15. The van der Waals surface area contributed by atoms with E-state index in [2.05, 4.69) is 59.9 Å². The van der Waals surface area contributed by atoms with Crippen LogP contribution in [0.3, 0.4) is 0 Å². The third-order valence-corrected chi connectivity index (χ3v) is 6.10. The van der Waals surface area contributed by atoms with E-state index in [-0.39, 0.29) is 0 Å². The summed E-state index contributed by atoms with van der Waals surface area (Å²) in [5.74, 6) is 0.892. The average molecular weight is 406 g/mol. The Labute approximate surface area is 176 Å². The smallest absolute Gasteiger partial charge is 0.120 e. The molecule has 1 aliphatic heterocycles. The summed E-state index contributed by atoms with van der Waals surface area (Å²) in [6, 6.07) is 21.0. The third kappa shape index (κ3) is 4.88. The van der Waals surface area contributed by atoms with Crippen molar-refractivity contribution < 1.29 is 4.74 Å². The molecule has 0 fully saturated rings. The Morgan fingerprint density at radius 2 is 1.97 bits per heavy atom. The molecule has 0 bridgehead atoms. The number of nitrogens with two attached hydrogens (primary N) is 1. The maximum absolute atomic E-state index is 6.05. The molecule has 3 aromatic rings. The van der Waals surface area contributed by atoms with Crippen LogP contribution < -0.4 is 15.8 Å². The Balaban J connectivity index is 1.54. The van der Waals surface area contributed by atoms with Gasteiger partial charge in [-0.1, -0.05) is 42.5 Å². The molecule has 0 unspecified atom stereocenters. The first kappa shape index (κ1) is 19.7. The van der Waals surface area contributed by atoms with Crippen LogP contribution in [-0.4, -0.2) is 25.0 Å². The van der Waals surface area contributed by atoms with E-state index in [9.17, 15) is 0 Å². The number of rotatable bonds is 8. The lowest BCUT2D eigenvalue weighted by Crippen LogP contribution is -2.21. The molecule has 0 spiro atoms. The summed E-state index contributed by atoms with van der Waals surface area (Å²) >= 11 is 1.87. The molecule has 0 saturated carbocycles. The summed E-state index contributed by atoms with van der Waals surface area (Å²) in [7, 11) is 2.13. The van der Waals surface area contributed by atoms with Crippen LogP contribution in [0.4, 0.5) is 0 Å². The van der Waals surface area contributed by atoms with Gasteiger partial charge in [0.1, 0.15) is 12.4 Å². The number of benzene rings is 2. The van der Waals surface area contributed by atoms with E-state index in [0.717, 1.165) is 25.4 Å². The fraction of sp³-hybridized carbons (Fsp3) is 0.250. The summed E-state index contributed by atoms with van der Waals surface area (Å²) < 4.78 is 6.05. The summed E-state index contributed by atoms with van der Waals surface area (Å²) in [6.07, 6.45) is 2.24. The van der Waals surface area contributed by atoms with Crippen molar-refractivity contribution in [3.63, 3.8) is 0 Å². The minimum atomic E-state index is 0.574. The Morgan fingerprint density at radius 3 is 2.79 bits per heavy atom. The minimum absolute atomic E-state index is 0.574. The number of hydrogen-bond donors (Lipinski definition) is 2. The van der Waals surface area contributed by atoms with Crippen molar-refractivity contribution in [1.82, 2.24) is 10.2 Å². The van der Waals surface area contributed by atoms with Crippen molar-refractivity contribution in [2.24, 2.45) is 5.73 Å². The predicted molar refractivity (Wildman–Crippen MR) is 121 cm³/mol. The molecular formula is C24H27N3OS. The van der Waals surface area contributed by atoms with Crippen molar-refractivity contribution in [2.75, 3.05) is 20.1 Å². The molecule has 1 aliphatic rings. The quantitative estimate of drug-likeness (QED) is 0.551. The van der Waals surface area contributed by atoms with Gasteiger partial charge in [-0.15, -0.1) is 11.3 Å². The largest absolute Gasteiger partial charge is 0.489 e. The molecule has 0 amide bonds. The second kappa shape index (κ2) is 9.27. The van der Waals surface area contributed by atoms with E-state index in [1.165, 1.54) is 32.0 Å². The van der Waals surface area contributed by atoms with Gasteiger partial charge >= 0.3 is 0 Å².